The molecule has 0 saturated carbocycles. The second-order valence-corrected chi connectivity index (χ2v) is 9.43. The van der Waals surface area contributed by atoms with Crippen molar-refractivity contribution in [1.82, 2.24) is 20.5 Å². The largest absolute Gasteiger partial charge is 0.393 e. The molecule has 8 nitrogen and oxygen atoms in total. The summed E-state index contributed by atoms with van der Waals surface area (Å²) in [5, 5.41) is 31.4. The molecule has 2 aromatic carbocycles. The summed E-state index contributed by atoms with van der Waals surface area (Å²) in [5.74, 6) is -0.393. The van der Waals surface area contributed by atoms with Crippen LogP contribution in [0.15, 0.2) is 66.9 Å². The molecule has 0 aliphatic carbocycles. The lowest BCUT2D eigenvalue weighted by atomic mass is 9.98. The summed E-state index contributed by atoms with van der Waals surface area (Å²) < 4.78 is 0. The van der Waals surface area contributed by atoms with E-state index in [-0.39, 0.29) is 6.10 Å². The van der Waals surface area contributed by atoms with Gasteiger partial charge in [0.2, 0.25) is 0 Å². The number of pyridine rings is 1. The number of aromatic amines is 1. The molecule has 35 heavy (non-hydrogen) atoms. The molecular formula is C27H27N5O3. The number of rotatable bonds is 5. The van der Waals surface area contributed by atoms with Crippen LogP contribution < -0.4 is 10.2 Å². The van der Waals surface area contributed by atoms with Crippen molar-refractivity contribution in [2.45, 2.75) is 50.1 Å². The SMILES string of the molecule is O=C(NC(O)c1ccccn1)c1ccc2[nH]nc(-c3ccc(N4C5CCC4CC(O)C5)cc3)c2c1. The average Bonchev–Trinajstić information content (AvgIpc) is 3.42. The van der Waals surface area contributed by atoms with E-state index in [9.17, 15) is 15.0 Å². The summed E-state index contributed by atoms with van der Waals surface area (Å²) in [6.07, 6.45) is 4.13. The van der Waals surface area contributed by atoms with Gasteiger partial charge in [-0.1, -0.05) is 18.2 Å². The highest BCUT2D eigenvalue weighted by atomic mass is 16.3. The molecule has 6 rings (SSSR count). The van der Waals surface area contributed by atoms with E-state index in [2.05, 4.69) is 49.7 Å². The predicted octanol–water partition coefficient (Wildman–Crippen LogP) is 3.54. The van der Waals surface area contributed by atoms with E-state index in [1.54, 1.807) is 36.5 Å². The van der Waals surface area contributed by atoms with Gasteiger partial charge in [0, 0.05) is 40.5 Å². The minimum absolute atomic E-state index is 0.185. The van der Waals surface area contributed by atoms with Crippen LogP contribution >= 0.6 is 0 Å². The van der Waals surface area contributed by atoms with Gasteiger partial charge in [0.15, 0.2) is 6.23 Å². The van der Waals surface area contributed by atoms with Gasteiger partial charge in [-0.2, -0.15) is 5.10 Å². The molecule has 2 aliphatic heterocycles. The topological polar surface area (TPSA) is 114 Å². The number of aromatic nitrogens is 3. The van der Waals surface area contributed by atoms with Crippen LogP contribution in [0.5, 0.6) is 0 Å². The Kier molecular flexibility index (Phi) is 5.47. The third-order valence-corrected chi connectivity index (χ3v) is 7.21. The van der Waals surface area contributed by atoms with Crippen molar-refractivity contribution in [2.24, 2.45) is 0 Å². The van der Waals surface area contributed by atoms with Gasteiger partial charge in [0.05, 0.1) is 23.0 Å². The molecule has 178 valence electrons. The van der Waals surface area contributed by atoms with E-state index in [0.717, 1.165) is 47.8 Å². The van der Waals surface area contributed by atoms with Crippen molar-refractivity contribution >= 4 is 22.5 Å². The van der Waals surface area contributed by atoms with Crippen LogP contribution in [0.1, 0.15) is 48.0 Å². The monoisotopic (exact) mass is 469 g/mol. The number of benzene rings is 2. The molecule has 2 fully saturated rings. The Labute approximate surface area is 202 Å². The normalized spacial score (nSPS) is 22.3. The van der Waals surface area contributed by atoms with E-state index < -0.39 is 12.1 Å². The minimum Gasteiger partial charge on any atom is -0.393 e. The number of carbonyl (C=O) groups is 1. The number of H-pyrrole nitrogens is 1. The summed E-state index contributed by atoms with van der Waals surface area (Å²) in [5.41, 5.74) is 4.53. The number of piperidine rings is 1. The molecule has 8 heteroatoms. The Bertz CT molecular complexity index is 1340. The van der Waals surface area contributed by atoms with E-state index >= 15 is 0 Å². The Balaban J connectivity index is 1.24. The molecule has 2 saturated heterocycles. The van der Waals surface area contributed by atoms with Gasteiger partial charge in [0.1, 0.15) is 0 Å². The lowest BCUT2D eigenvalue weighted by Gasteiger charge is -2.39. The predicted molar refractivity (Wildman–Crippen MR) is 133 cm³/mol. The van der Waals surface area contributed by atoms with Crippen LogP contribution in [-0.4, -0.2) is 49.5 Å². The van der Waals surface area contributed by atoms with Crippen LogP contribution in [0.25, 0.3) is 22.2 Å². The first-order valence-electron chi connectivity index (χ1n) is 12.0. The number of nitrogens with one attached hydrogen (secondary N) is 2. The number of fused-ring (bicyclic) bond motifs is 3. The first-order valence-corrected chi connectivity index (χ1v) is 12.0. The van der Waals surface area contributed by atoms with Crippen molar-refractivity contribution in [2.75, 3.05) is 4.90 Å². The molecule has 3 unspecified atom stereocenters. The molecule has 4 N–H and O–H groups in total. The number of aliphatic hydroxyl groups excluding tert-OH is 2. The third-order valence-electron chi connectivity index (χ3n) is 7.21. The highest BCUT2D eigenvalue weighted by Crippen LogP contribution is 2.40. The Hall–Kier alpha value is -3.75. The molecule has 2 aliphatic rings. The van der Waals surface area contributed by atoms with Crippen LogP contribution in [0.2, 0.25) is 0 Å². The second-order valence-electron chi connectivity index (χ2n) is 9.43. The van der Waals surface area contributed by atoms with Gasteiger partial charge in [-0.15, -0.1) is 0 Å². The fraction of sp³-hybridized carbons (Fsp3) is 0.296. The maximum Gasteiger partial charge on any atom is 0.253 e. The lowest BCUT2D eigenvalue weighted by molar-refractivity contribution is 0.0774. The van der Waals surface area contributed by atoms with Crippen LogP contribution in [0.4, 0.5) is 5.69 Å². The third kappa shape index (κ3) is 4.05. The highest BCUT2D eigenvalue weighted by molar-refractivity contribution is 6.01. The quantitative estimate of drug-likeness (QED) is 0.333. The number of anilines is 1. The maximum absolute atomic E-state index is 12.8. The molecule has 1 amide bonds. The summed E-state index contributed by atoms with van der Waals surface area (Å²) >= 11 is 0. The standard InChI is InChI=1S/C27H27N5O3/c33-21-14-19-9-10-20(15-21)32(19)18-7-4-16(5-8-18)25-22-13-17(6-11-23(22)30-31-25)26(34)29-27(35)24-3-1-2-12-28-24/h1-8,11-13,19-21,27,33,35H,9-10,14-15H2,(H,29,34)(H,30,31). The van der Waals surface area contributed by atoms with E-state index in [4.69, 9.17) is 0 Å². The Morgan fingerprint density at radius 2 is 1.83 bits per heavy atom. The first kappa shape index (κ1) is 21.8. The van der Waals surface area contributed by atoms with Crippen molar-refractivity contribution in [3.8, 4) is 11.3 Å². The summed E-state index contributed by atoms with van der Waals surface area (Å²) in [6.45, 7) is 0. The van der Waals surface area contributed by atoms with Crippen molar-refractivity contribution in [1.29, 1.82) is 0 Å². The highest BCUT2D eigenvalue weighted by Gasteiger charge is 2.40. The molecule has 0 radical (unpaired) electrons. The molecule has 2 aromatic heterocycles. The van der Waals surface area contributed by atoms with Crippen molar-refractivity contribution in [3.63, 3.8) is 0 Å². The molecular weight excluding hydrogens is 442 g/mol. The van der Waals surface area contributed by atoms with E-state index in [1.165, 1.54) is 5.69 Å². The smallest absolute Gasteiger partial charge is 0.253 e. The van der Waals surface area contributed by atoms with Crippen LogP contribution in [0.3, 0.4) is 0 Å². The molecule has 0 spiro atoms. The fourth-order valence-corrected chi connectivity index (χ4v) is 5.56. The van der Waals surface area contributed by atoms with Crippen molar-refractivity contribution in [3.05, 3.63) is 78.1 Å². The zero-order chi connectivity index (χ0) is 23.9. The van der Waals surface area contributed by atoms with Gasteiger partial charge in [0.25, 0.3) is 5.91 Å². The fourth-order valence-electron chi connectivity index (χ4n) is 5.56. The Morgan fingerprint density at radius 1 is 1.06 bits per heavy atom. The van der Waals surface area contributed by atoms with Crippen LogP contribution in [-0.2, 0) is 0 Å². The number of hydrogen-bond donors (Lipinski definition) is 4. The van der Waals surface area contributed by atoms with E-state index in [0.29, 0.717) is 23.3 Å². The summed E-state index contributed by atoms with van der Waals surface area (Å²) in [6, 6.07) is 19.7. The number of aliphatic hydroxyl groups is 2. The molecule has 4 aromatic rings. The van der Waals surface area contributed by atoms with Gasteiger partial charge < -0.3 is 20.4 Å². The van der Waals surface area contributed by atoms with E-state index in [1.807, 2.05) is 6.07 Å². The van der Waals surface area contributed by atoms with Crippen LogP contribution in [0, 0.1) is 0 Å². The lowest BCUT2D eigenvalue weighted by Crippen LogP contribution is -2.44. The molecule has 3 atom stereocenters. The minimum atomic E-state index is -1.19. The number of hydrogen-bond acceptors (Lipinski definition) is 6. The molecule has 4 heterocycles. The number of carbonyl (C=O) groups excluding carboxylic acids is 1. The van der Waals surface area contributed by atoms with Crippen molar-refractivity contribution < 1.29 is 15.0 Å². The maximum atomic E-state index is 12.8. The van der Waals surface area contributed by atoms with Gasteiger partial charge >= 0.3 is 0 Å². The molecule has 2 bridgehead atoms. The number of nitrogens with zero attached hydrogens (tertiary/aromatic N) is 3. The zero-order valence-electron chi connectivity index (χ0n) is 19.1. The second kappa shape index (κ2) is 8.79. The summed E-state index contributed by atoms with van der Waals surface area (Å²) in [7, 11) is 0. The zero-order valence-corrected chi connectivity index (χ0v) is 19.1. The number of amides is 1. The van der Waals surface area contributed by atoms with Gasteiger partial charge in [-0.3, -0.25) is 14.9 Å². The first-order chi connectivity index (χ1) is 17.1. The van der Waals surface area contributed by atoms with Gasteiger partial charge in [-0.25, -0.2) is 0 Å². The Morgan fingerprint density at radius 3 is 2.54 bits per heavy atom. The van der Waals surface area contributed by atoms with Gasteiger partial charge in [-0.05, 0) is 68.1 Å². The average molecular weight is 470 g/mol. The summed E-state index contributed by atoms with van der Waals surface area (Å²) in [4.78, 5) is 19.3.